The molecule has 0 N–H and O–H groups in total. The van der Waals surface area contributed by atoms with E-state index in [1.807, 2.05) is 0 Å². The highest BCUT2D eigenvalue weighted by Crippen LogP contribution is 2.45. The lowest BCUT2D eigenvalue weighted by Gasteiger charge is -2.28. The van der Waals surface area contributed by atoms with Gasteiger partial charge in [-0.25, -0.2) is 0 Å². The Balaban J connectivity index is 1.27. The Morgan fingerprint density at radius 1 is 0.340 bits per heavy atom. The van der Waals surface area contributed by atoms with Gasteiger partial charge in [0.2, 0.25) is 0 Å². The number of nitrogens with zero attached hydrogens (tertiary/aromatic N) is 2. The summed E-state index contributed by atoms with van der Waals surface area (Å²) in [6, 6.07) is 70.5. The number of fused-ring (bicyclic) bond motifs is 8. The summed E-state index contributed by atoms with van der Waals surface area (Å²) in [4.78, 5) is 2.44. The first-order chi connectivity index (χ1) is 24.8. The molecular formula is C48H32N2. The summed E-state index contributed by atoms with van der Waals surface area (Å²) >= 11 is 0. The molecule has 0 unspecified atom stereocenters. The lowest BCUT2D eigenvalue weighted by atomic mass is 9.96. The maximum Gasteiger partial charge on any atom is 0.0782 e. The highest BCUT2D eigenvalue weighted by molar-refractivity contribution is 6.18. The van der Waals surface area contributed by atoms with Crippen LogP contribution in [0.4, 0.5) is 17.1 Å². The molecule has 0 fully saturated rings. The zero-order valence-corrected chi connectivity index (χ0v) is 27.4. The summed E-state index contributed by atoms with van der Waals surface area (Å²) in [5, 5.41) is 10.0. The van der Waals surface area contributed by atoms with Crippen molar-refractivity contribution in [3.8, 4) is 16.8 Å². The number of hydrogen-bond donors (Lipinski definition) is 0. The standard InChI is InChI=1S/C48H32N2/c1-3-12-33(13-4-1)34-22-27-38(28-23-34)49(39-29-24-36-26-30-41-40-17-8-7-14-35(40)25-31-42(41)45(36)32-39)47-21-11-19-44-43-18-9-10-20-46(43)50(48(44)47)37-15-5-2-6-16-37/h1-32H. The predicted molar refractivity (Wildman–Crippen MR) is 213 cm³/mol. The molecule has 10 rings (SSSR count). The second-order valence-electron chi connectivity index (χ2n) is 13.0. The van der Waals surface area contributed by atoms with E-state index in [1.54, 1.807) is 0 Å². The third-order valence-corrected chi connectivity index (χ3v) is 10.1. The van der Waals surface area contributed by atoms with Crippen LogP contribution < -0.4 is 4.90 Å². The van der Waals surface area contributed by atoms with E-state index in [-0.39, 0.29) is 0 Å². The number of rotatable bonds is 5. The average Bonchev–Trinajstić information content (AvgIpc) is 3.54. The Morgan fingerprint density at radius 3 is 1.72 bits per heavy atom. The van der Waals surface area contributed by atoms with Crippen molar-refractivity contribution in [2.45, 2.75) is 0 Å². The molecule has 0 atom stereocenters. The fourth-order valence-corrected chi connectivity index (χ4v) is 7.83. The van der Waals surface area contributed by atoms with Gasteiger partial charge in [0.15, 0.2) is 0 Å². The molecule has 9 aromatic carbocycles. The van der Waals surface area contributed by atoms with Crippen molar-refractivity contribution in [1.29, 1.82) is 0 Å². The van der Waals surface area contributed by atoms with Gasteiger partial charge in [0, 0.05) is 27.8 Å². The molecule has 0 spiro atoms. The number of hydrogen-bond acceptors (Lipinski definition) is 1. The van der Waals surface area contributed by atoms with Gasteiger partial charge in [-0.1, -0.05) is 146 Å². The maximum atomic E-state index is 2.44. The lowest BCUT2D eigenvalue weighted by Crippen LogP contribution is -2.11. The SMILES string of the molecule is c1ccc(-c2ccc(N(c3ccc4ccc5c6ccccc6ccc5c4c3)c3cccc4c5ccccc5n(-c5ccccc5)c34)cc2)cc1. The summed E-state index contributed by atoms with van der Waals surface area (Å²) in [7, 11) is 0. The van der Waals surface area contributed by atoms with Crippen molar-refractivity contribution in [2.24, 2.45) is 0 Å². The van der Waals surface area contributed by atoms with Crippen LogP contribution in [-0.4, -0.2) is 4.57 Å². The van der Waals surface area contributed by atoms with Gasteiger partial charge in [-0.3, -0.25) is 0 Å². The van der Waals surface area contributed by atoms with Gasteiger partial charge >= 0.3 is 0 Å². The van der Waals surface area contributed by atoms with Crippen LogP contribution in [0, 0.1) is 0 Å². The molecule has 234 valence electrons. The fourth-order valence-electron chi connectivity index (χ4n) is 7.83. The second kappa shape index (κ2) is 11.5. The van der Waals surface area contributed by atoms with Crippen molar-refractivity contribution >= 4 is 71.2 Å². The molecule has 1 aromatic heterocycles. The summed E-state index contributed by atoms with van der Waals surface area (Å²) in [5.41, 5.74) is 9.26. The Labute approximate surface area is 290 Å². The average molecular weight is 637 g/mol. The highest BCUT2D eigenvalue weighted by Gasteiger charge is 2.22. The van der Waals surface area contributed by atoms with Crippen molar-refractivity contribution < 1.29 is 0 Å². The molecule has 1 heterocycles. The van der Waals surface area contributed by atoms with Gasteiger partial charge < -0.3 is 9.47 Å². The van der Waals surface area contributed by atoms with Gasteiger partial charge in [0.25, 0.3) is 0 Å². The van der Waals surface area contributed by atoms with Crippen molar-refractivity contribution in [1.82, 2.24) is 4.57 Å². The molecule has 10 aromatic rings. The number of aromatic nitrogens is 1. The molecular weight excluding hydrogens is 605 g/mol. The summed E-state index contributed by atoms with van der Waals surface area (Å²) in [6.07, 6.45) is 0. The summed E-state index contributed by atoms with van der Waals surface area (Å²) < 4.78 is 2.42. The molecule has 2 heteroatoms. The second-order valence-corrected chi connectivity index (χ2v) is 13.0. The number of para-hydroxylation sites is 3. The van der Waals surface area contributed by atoms with E-state index < -0.39 is 0 Å². The Hall–Kier alpha value is -6.64. The van der Waals surface area contributed by atoms with Crippen LogP contribution in [0.2, 0.25) is 0 Å². The molecule has 50 heavy (non-hydrogen) atoms. The molecule has 0 amide bonds. The zero-order chi connectivity index (χ0) is 33.0. The molecule has 0 saturated carbocycles. The molecule has 0 aliphatic heterocycles. The van der Waals surface area contributed by atoms with Crippen LogP contribution in [0.25, 0.3) is 70.9 Å². The molecule has 0 radical (unpaired) electrons. The molecule has 0 saturated heterocycles. The highest BCUT2D eigenvalue weighted by atomic mass is 15.2. The van der Waals surface area contributed by atoms with Crippen LogP contribution in [-0.2, 0) is 0 Å². The zero-order valence-electron chi connectivity index (χ0n) is 27.4. The fraction of sp³-hybridized carbons (Fsp3) is 0. The third-order valence-electron chi connectivity index (χ3n) is 10.1. The monoisotopic (exact) mass is 636 g/mol. The van der Waals surface area contributed by atoms with E-state index in [0.29, 0.717) is 0 Å². The van der Waals surface area contributed by atoms with Gasteiger partial charge in [-0.15, -0.1) is 0 Å². The van der Waals surface area contributed by atoms with Gasteiger partial charge in [0.1, 0.15) is 0 Å². The number of benzene rings is 9. The maximum absolute atomic E-state index is 2.44. The first-order valence-electron chi connectivity index (χ1n) is 17.2. The Kier molecular flexibility index (Phi) is 6.53. The Morgan fingerprint density at radius 2 is 0.920 bits per heavy atom. The van der Waals surface area contributed by atoms with E-state index in [9.17, 15) is 0 Å². The van der Waals surface area contributed by atoms with E-state index >= 15 is 0 Å². The van der Waals surface area contributed by atoms with Crippen molar-refractivity contribution in [3.63, 3.8) is 0 Å². The normalized spacial score (nSPS) is 11.6. The first kappa shape index (κ1) is 28.4. The smallest absolute Gasteiger partial charge is 0.0782 e. The molecule has 0 bridgehead atoms. The summed E-state index contributed by atoms with van der Waals surface area (Å²) in [5.74, 6) is 0. The van der Waals surface area contributed by atoms with Gasteiger partial charge in [0.05, 0.1) is 16.7 Å². The minimum Gasteiger partial charge on any atom is -0.308 e. The van der Waals surface area contributed by atoms with E-state index in [1.165, 1.54) is 65.3 Å². The largest absolute Gasteiger partial charge is 0.308 e. The molecule has 2 nitrogen and oxygen atoms in total. The van der Waals surface area contributed by atoms with E-state index in [0.717, 1.165) is 22.7 Å². The quantitative estimate of drug-likeness (QED) is 0.171. The minimum atomic E-state index is 1.10. The van der Waals surface area contributed by atoms with Gasteiger partial charge in [-0.2, -0.15) is 0 Å². The Bertz CT molecular complexity index is 2850. The van der Waals surface area contributed by atoms with Crippen LogP contribution in [0.1, 0.15) is 0 Å². The lowest BCUT2D eigenvalue weighted by molar-refractivity contribution is 1.17. The van der Waals surface area contributed by atoms with Crippen LogP contribution in [0.15, 0.2) is 194 Å². The van der Waals surface area contributed by atoms with Crippen LogP contribution in [0.5, 0.6) is 0 Å². The van der Waals surface area contributed by atoms with Crippen molar-refractivity contribution in [3.05, 3.63) is 194 Å². The predicted octanol–water partition coefficient (Wildman–Crippen LogP) is 13.4. The molecule has 0 aliphatic carbocycles. The first-order valence-corrected chi connectivity index (χ1v) is 17.2. The minimum absolute atomic E-state index is 1.10. The topological polar surface area (TPSA) is 8.17 Å². The number of anilines is 3. The third kappa shape index (κ3) is 4.50. The van der Waals surface area contributed by atoms with Crippen molar-refractivity contribution in [2.75, 3.05) is 4.90 Å². The summed E-state index contributed by atoms with van der Waals surface area (Å²) in [6.45, 7) is 0. The molecule has 0 aliphatic rings. The van der Waals surface area contributed by atoms with Gasteiger partial charge in [-0.05, 0) is 92.0 Å². The van der Waals surface area contributed by atoms with E-state index in [4.69, 9.17) is 0 Å². The van der Waals surface area contributed by atoms with Crippen LogP contribution >= 0.6 is 0 Å². The van der Waals surface area contributed by atoms with Crippen LogP contribution in [0.3, 0.4) is 0 Å². The van der Waals surface area contributed by atoms with E-state index in [2.05, 4.69) is 204 Å².